The van der Waals surface area contributed by atoms with Gasteiger partial charge < -0.3 is 5.32 Å². The highest BCUT2D eigenvalue weighted by molar-refractivity contribution is 6.31. The van der Waals surface area contributed by atoms with Gasteiger partial charge in [-0.1, -0.05) is 44.2 Å². The highest BCUT2D eigenvalue weighted by atomic mass is 35.5. The van der Waals surface area contributed by atoms with E-state index in [0.29, 0.717) is 5.70 Å². The van der Waals surface area contributed by atoms with Gasteiger partial charge in [-0.25, -0.2) is 0 Å². The van der Waals surface area contributed by atoms with E-state index in [0.717, 1.165) is 17.7 Å². The largest absolute Gasteiger partial charge is 0.417 e. The first kappa shape index (κ1) is 18.3. The number of benzene rings is 1. The van der Waals surface area contributed by atoms with Crippen LogP contribution in [0.1, 0.15) is 29.8 Å². The van der Waals surface area contributed by atoms with Crippen molar-refractivity contribution < 1.29 is 18.0 Å². The Morgan fingerprint density at radius 1 is 1.33 bits per heavy atom. The topological polar surface area (TPSA) is 29.1 Å². The van der Waals surface area contributed by atoms with Crippen LogP contribution in [0.5, 0.6) is 0 Å². The molecule has 0 saturated heterocycles. The SMILES string of the molecule is C=CC1=CC(NC(=O)c2ccc(Cl)c(C(F)(F)F)c2)=CC(C)C1C. The van der Waals surface area contributed by atoms with Crippen LogP contribution < -0.4 is 5.32 Å². The van der Waals surface area contributed by atoms with Gasteiger partial charge in [-0.15, -0.1) is 0 Å². The van der Waals surface area contributed by atoms with Crippen molar-refractivity contribution in [3.63, 3.8) is 0 Å². The number of allylic oxidation sites excluding steroid dienone is 4. The van der Waals surface area contributed by atoms with Crippen molar-refractivity contribution in [1.82, 2.24) is 5.32 Å². The summed E-state index contributed by atoms with van der Waals surface area (Å²) in [5.74, 6) is -0.186. The van der Waals surface area contributed by atoms with Crippen molar-refractivity contribution in [3.8, 4) is 0 Å². The summed E-state index contributed by atoms with van der Waals surface area (Å²) in [4.78, 5) is 12.3. The third-order valence-corrected chi connectivity index (χ3v) is 4.44. The fourth-order valence-electron chi connectivity index (χ4n) is 2.50. The van der Waals surface area contributed by atoms with Crippen LogP contribution in [0.3, 0.4) is 0 Å². The summed E-state index contributed by atoms with van der Waals surface area (Å²) in [6, 6.07) is 3.09. The molecule has 2 nitrogen and oxygen atoms in total. The maximum atomic E-state index is 12.9. The molecule has 0 bridgehead atoms. The molecule has 0 aliphatic heterocycles. The Morgan fingerprint density at radius 3 is 2.58 bits per heavy atom. The Labute approximate surface area is 143 Å². The minimum Gasteiger partial charge on any atom is -0.322 e. The predicted octanol–water partition coefficient (Wildman–Crippen LogP) is 5.37. The molecule has 2 unspecified atom stereocenters. The summed E-state index contributed by atoms with van der Waals surface area (Å²) in [6.45, 7) is 7.78. The number of amides is 1. The molecule has 0 radical (unpaired) electrons. The molecule has 0 heterocycles. The van der Waals surface area contributed by atoms with Gasteiger partial charge in [0.05, 0.1) is 10.6 Å². The lowest BCUT2D eigenvalue weighted by molar-refractivity contribution is -0.137. The first-order valence-electron chi connectivity index (χ1n) is 7.37. The maximum Gasteiger partial charge on any atom is 0.417 e. The van der Waals surface area contributed by atoms with Gasteiger partial charge in [0.15, 0.2) is 0 Å². The number of halogens is 4. The highest BCUT2D eigenvalue weighted by Crippen LogP contribution is 2.35. The van der Waals surface area contributed by atoms with Crippen molar-refractivity contribution in [1.29, 1.82) is 0 Å². The maximum absolute atomic E-state index is 12.9. The van der Waals surface area contributed by atoms with E-state index in [-0.39, 0.29) is 17.4 Å². The van der Waals surface area contributed by atoms with Gasteiger partial charge in [-0.3, -0.25) is 4.79 Å². The molecule has 2 rings (SSSR count). The van der Waals surface area contributed by atoms with Crippen molar-refractivity contribution >= 4 is 17.5 Å². The minimum atomic E-state index is -4.61. The molecule has 0 aromatic heterocycles. The fraction of sp³-hybridized carbons (Fsp3) is 0.278. The fourth-order valence-corrected chi connectivity index (χ4v) is 2.72. The van der Waals surface area contributed by atoms with Crippen LogP contribution in [-0.4, -0.2) is 5.91 Å². The number of hydrogen-bond donors (Lipinski definition) is 1. The zero-order valence-corrected chi connectivity index (χ0v) is 14.0. The molecule has 2 atom stereocenters. The van der Waals surface area contributed by atoms with Gasteiger partial charge in [0.1, 0.15) is 0 Å². The second kappa shape index (κ2) is 6.85. The van der Waals surface area contributed by atoms with Gasteiger partial charge in [0.25, 0.3) is 5.91 Å². The average molecular weight is 356 g/mol. The summed E-state index contributed by atoms with van der Waals surface area (Å²) in [7, 11) is 0. The van der Waals surface area contributed by atoms with E-state index in [1.165, 1.54) is 6.07 Å². The molecule has 1 amide bonds. The van der Waals surface area contributed by atoms with E-state index >= 15 is 0 Å². The first-order chi connectivity index (χ1) is 11.1. The number of carbonyl (C=O) groups excluding carboxylic acids is 1. The summed E-state index contributed by atoms with van der Waals surface area (Å²) in [5, 5.41) is 2.20. The van der Waals surface area contributed by atoms with Crippen LogP contribution in [0.2, 0.25) is 5.02 Å². The second-order valence-corrected chi connectivity index (χ2v) is 6.17. The molecule has 1 aromatic carbocycles. The molecule has 1 N–H and O–H groups in total. The van der Waals surface area contributed by atoms with Crippen molar-refractivity contribution in [3.05, 3.63) is 70.4 Å². The van der Waals surface area contributed by atoms with E-state index in [1.54, 1.807) is 12.2 Å². The zero-order valence-electron chi connectivity index (χ0n) is 13.2. The number of alkyl halides is 3. The standard InChI is InChI=1S/C18H17ClF3NO/c1-4-12-8-14(7-10(2)11(12)3)23-17(24)13-5-6-16(19)15(9-13)18(20,21)22/h4-11H,1H2,2-3H3,(H,23,24). The molecule has 0 saturated carbocycles. The summed E-state index contributed by atoms with van der Waals surface area (Å²) < 4.78 is 38.7. The Balaban J connectivity index is 2.27. The smallest absolute Gasteiger partial charge is 0.322 e. The van der Waals surface area contributed by atoms with Gasteiger partial charge >= 0.3 is 6.18 Å². The van der Waals surface area contributed by atoms with Crippen LogP contribution in [0.25, 0.3) is 0 Å². The van der Waals surface area contributed by atoms with Gasteiger partial charge in [-0.05, 0) is 41.7 Å². The third kappa shape index (κ3) is 3.90. The summed E-state index contributed by atoms with van der Waals surface area (Å²) in [6.07, 6.45) is 0.744. The lowest BCUT2D eigenvalue weighted by Crippen LogP contribution is -2.26. The molecule has 1 aromatic rings. The van der Waals surface area contributed by atoms with E-state index in [1.807, 2.05) is 19.9 Å². The van der Waals surface area contributed by atoms with Crippen LogP contribution >= 0.6 is 11.6 Å². The summed E-state index contributed by atoms with van der Waals surface area (Å²) >= 11 is 5.57. The number of nitrogens with one attached hydrogen (secondary N) is 1. The molecular weight excluding hydrogens is 339 g/mol. The van der Waals surface area contributed by atoms with E-state index in [9.17, 15) is 18.0 Å². The van der Waals surface area contributed by atoms with Crippen LogP contribution in [0.4, 0.5) is 13.2 Å². The molecule has 0 fully saturated rings. The number of carbonyl (C=O) groups is 1. The van der Waals surface area contributed by atoms with Crippen LogP contribution in [0.15, 0.2) is 54.3 Å². The quantitative estimate of drug-likeness (QED) is 0.775. The first-order valence-corrected chi connectivity index (χ1v) is 7.75. The molecule has 128 valence electrons. The average Bonchev–Trinajstić information content (AvgIpc) is 2.49. The summed E-state index contributed by atoms with van der Waals surface area (Å²) in [5.41, 5.74) is 0.377. The number of rotatable bonds is 3. The third-order valence-electron chi connectivity index (χ3n) is 4.11. The van der Waals surface area contributed by atoms with Crippen LogP contribution in [-0.2, 0) is 6.18 Å². The van der Waals surface area contributed by atoms with E-state index in [2.05, 4.69) is 11.9 Å². The lowest BCUT2D eigenvalue weighted by Gasteiger charge is -2.24. The molecule has 1 aliphatic carbocycles. The van der Waals surface area contributed by atoms with Crippen molar-refractivity contribution in [2.24, 2.45) is 11.8 Å². The normalized spacial score (nSPS) is 20.9. The highest BCUT2D eigenvalue weighted by Gasteiger charge is 2.34. The molecular formula is C18H17ClF3NO. The predicted molar refractivity (Wildman–Crippen MR) is 88.6 cm³/mol. The zero-order chi connectivity index (χ0) is 18.1. The van der Waals surface area contributed by atoms with Gasteiger partial charge in [0, 0.05) is 11.3 Å². The Kier molecular flexibility index (Phi) is 5.23. The Bertz CT molecular complexity index is 734. The van der Waals surface area contributed by atoms with Gasteiger partial charge in [0.2, 0.25) is 0 Å². The minimum absolute atomic E-state index is 0.104. The van der Waals surface area contributed by atoms with Crippen molar-refractivity contribution in [2.75, 3.05) is 0 Å². The number of hydrogen-bond acceptors (Lipinski definition) is 1. The molecule has 0 spiro atoms. The van der Waals surface area contributed by atoms with Crippen molar-refractivity contribution in [2.45, 2.75) is 20.0 Å². The Hall–Kier alpha value is -2.01. The van der Waals surface area contributed by atoms with E-state index in [4.69, 9.17) is 11.6 Å². The monoisotopic (exact) mass is 355 g/mol. The van der Waals surface area contributed by atoms with Crippen LogP contribution in [0, 0.1) is 11.8 Å². The Morgan fingerprint density at radius 2 is 2.00 bits per heavy atom. The van der Waals surface area contributed by atoms with E-state index < -0.39 is 22.7 Å². The molecule has 24 heavy (non-hydrogen) atoms. The lowest BCUT2D eigenvalue weighted by atomic mass is 9.84. The molecule has 1 aliphatic rings. The van der Waals surface area contributed by atoms with Gasteiger partial charge in [-0.2, -0.15) is 13.2 Å². The second-order valence-electron chi connectivity index (χ2n) is 5.76. The molecule has 6 heteroatoms.